The summed E-state index contributed by atoms with van der Waals surface area (Å²) >= 11 is 0. The number of amides is 1. The molecule has 3 N–H and O–H groups in total. The van der Waals surface area contributed by atoms with Gasteiger partial charge >= 0.3 is 0 Å². The Balaban J connectivity index is 1.26. The van der Waals surface area contributed by atoms with Gasteiger partial charge in [-0.3, -0.25) is 20.1 Å². The van der Waals surface area contributed by atoms with E-state index in [0.717, 1.165) is 67.7 Å². The van der Waals surface area contributed by atoms with E-state index in [1.165, 1.54) is 37.0 Å². The van der Waals surface area contributed by atoms with E-state index < -0.39 is 5.54 Å². The lowest BCUT2D eigenvalue weighted by Crippen LogP contribution is -2.49. The van der Waals surface area contributed by atoms with Gasteiger partial charge in [0.25, 0.3) is 5.91 Å². The van der Waals surface area contributed by atoms with Crippen molar-refractivity contribution in [1.82, 2.24) is 20.2 Å². The van der Waals surface area contributed by atoms with Crippen LogP contribution in [-0.4, -0.2) is 45.4 Å². The second-order valence-corrected chi connectivity index (χ2v) is 10.8. The molecule has 3 fully saturated rings. The summed E-state index contributed by atoms with van der Waals surface area (Å²) in [4.78, 5) is 24.2. The molecule has 1 unspecified atom stereocenters. The number of hydrogen-bond donors (Lipinski definition) is 3. The zero-order chi connectivity index (χ0) is 23.5. The van der Waals surface area contributed by atoms with Crippen molar-refractivity contribution in [1.29, 1.82) is 5.41 Å². The molecule has 2 saturated carbocycles. The second kappa shape index (κ2) is 9.88. The Kier molecular flexibility index (Phi) is 6.70. The fourth-order valence-corrected chi connectivity index (χ4v) is 6.46. The molecule has 2 heterocycles. The maximum atomic E-state index is 13.4. The monoisotopic (exact) mass is 462 g/mol. The smallest absolute Gasteiger partial charge is 0.254 e. The van der Waals surface area contributed by atoms with Gasteiger partial charge in [0.15, 0.2) is 5.96 Å². The molecule has 7 heteroatoms. The Labute approximate surface area is 202 Å². The van der Waals surface area contributed by atoms with E-state index in [0.29, 0.717) is 12.0 Å². The Morgan fingerprint density at radius 1 is 1.09 bits per heavy atom. The van der Waals surface area contributed by atoms with Crippen molar-refractivity contribution < 1.29 is 4.79 Å². The average Bonchev–Trinajstić information content (AvgIpc) is 3.07. The Morgan fingerprint density at radius 3 is 2.62 bits per heavy atom. The van der Waals surface area contributed by atoms with Gasteiger partial charge < -0.3 is 10.6 Å². The number of rotatable bonds is 7. The van der Waals surface area contributed by atoms with Gasteiger partial charge in [0.2, 0.25) is 0 Å². The van der Waals surface area contributed by atoms with Crippen LogP contribution in [0.1, 0.15) is 77.0 Å². The van der Waals surface area contributed by atoms with E-state index in [2.05, 4.69) is 15.6 Å². The Bertz CT molecular complexity index is 1030. The molecule has 5 rings (SSSR count). The first-order valence-electron chi connectivity index (χ1n) is 13.2. The predicted octanol–water partition coefficient (Wildman–Crippen LogP) is 5.09. The largest absolute Gasteiger partial charge is 0.366 e. The first kappa shape index (κ1) is 23.1. The van der Waals surface area contributed by atoms with Gasteiger partial charge in [0, 0.05) is 13.1 Å². The summed E-state index contributed by atoms with van der Waals surface area (Å²) in [5.74, 6) is 2.34. The van der Waals surface area contributed by atoms with Crippen LogP contribution in [0.15, 0.2) is 30.5 Å². The topological polar surface area (TPSA) is 94.0 Å². The molecule has 1 aliphatic heterocycles. The number of fused-ring (bicyclic) bond motifs is 1. The van der Waals surface area contributed by atoms with Crippen molar-refractivity contribution in [2.45, 2.75) is 88.6 Å². The first-order chi connectivity index (χ1) is 16.5. The van der Waals surface area contributed by atoms with Gasteiger partial charge in [0.05, 0.1) is 17.2 Å². The van der Waals surface area contributed by atoms with Gasteiger partial charge in [-0.25, -0.2) is 4.98 Å². The zero-order valence-corrected chi connectivity index (χ0v) is 20.4. The summed E-state index contributed by atoms with van der Waals surface area (Å²) < 4.78 is 0. The van der Waals surface area contributed by atoms with Gasteiger partial charge in [-0.1, -0.05) is 57.1 Å². The summed E-state index contributed by atoms with van der Waals surface area (Å²) in [6.45, 7) is 0. The normalized spacial score (nSPS) is 28.3. The maximum Gasteiger partial charge on any atom is 0.254 e. The second-order valence-electron chi connectivity index (χ2n) is 10.8. The standard InChI is InChI=1S/C27H38N6O/c1-33-25(34)27(32-26(33)28,15-14-19-8-3-2-4-9-19)17-20-10-7-11-21(16-20)30-24-18-29-22-12-5-6-13-23(22)31-24/h5-6,12-13,18-21H,2-4,7-11,14-17H2,1H3,(H2,28,32)(H,30,31)/t20?,21-,27-/m1/s1. The molecule has 2 aromatic rings. The number of aromatic nitrogens is 2. The Morgan fingerprint density at radius 2 is 1.85 bits per heavy atom. The van der Waals surface area contributed by atoms with Crippen molar-refractivity contribution in [2.24, 2.45) is 11.8 Å². The number of anilines is 1. The summed E-state index contributed by atoms with van der Waals surface area (Å²) in [5.41, 5.74) is 1.20. The van der Waals surface area contributed by atoms with Crippen molar-refractivity contribution in [2.75, 3.05) is 12.4 Å². The lowest BCUT2D eigenvalue weighted by atomic mass is 9.74. The third kappa shape index (κ3) is 4.89. The van der Waals surface area contributed by atoms with Crippen LogP contribution in [0.4, 0.5) is 5.82 Å². The van der Waals surface area contributed by atoms with Crippen molar-refractivity contribution in [3.63, 3.8) is 0 Å². The van der Waals surface area contributed by atoms with Crippen LogP contribution in [0.5, 0.6) is 0 Å². The number of likely N-dealkylation sites (N-methyl/N-ethyl adjacent to an activating group) is 1. The lowest BCUT2D eigenvalue weighted by Gasteiger charge is -2.37. The van der Waals surface area contributed by atoms with Crippen molar-refractivity contribution in [3.05, 3.63) is 30.5 Å². The molecule has 3 atom stereocenters. The van der Waals surface area contributed by atoms with Crippen molar-refractivity contribution in [3.8, 4) is 0 Å². The number of carbonyl (C=O) groups excluding carboxylic acids is 1. The minimum absolute atomic E-state index is 0.0868. The highest BCUT2D eigenvalue weighted by molar-refractivity contribution is 6.07. The molecular formula is C27H38N6O. The molecule has 1 saturated heterocycles. The molecule has 3 aliphatic rings. The van der Waals surface area contributed by atoms with Crippen molar-refractivity contribution >= 4 is 28.7 Å². The minimum Gasteiger partial charge on any atom is -0.366 e. The number of hydrogen-bond acceptors (Lipinski definition) is 5. The average molecular weight is 463 g/mol. The van der Waals surface area contributed by atoms with Crippen LogP contribution in [0.2, 0.25) is 0 Å². The molecule has 2 aliphatic carbocycles. The van der Waals surface area contributed by atoms with Crippen LogP contribution in [-0.2, 0) is 4.79 Å². The SMILES string of the molecule is CN1C(=N)N[C@](CCC2CCCCC2)(CC2CCC[C@@H](Nc3cnc4ccccc4n3)C2)C1=O. The van der Waals surface area contributed by atoms with Gasteiger partial charge in [0.1, 0.15) is 11.4 Å². The molecule has 0 bridgehead atoms. The maximum absolute atomic E-state index is 13.4. The van der Waals surface area contributed by atoms with Gasteiger partial charge in [-0.15, -0.1) is 0 Å². The number of carbonyl (C=O) groups is 1. The van der Waals surface area contributed by atoms with Crippen LogP contribution in [0.3, 0.4) is 0 Å². The molecule has 1 aromatic carbocycles. The van der Waals surface area contributed by atoms with E-state index in [1.54, 1.807) is 7.05 Å². The van der Waals surface area contributed by atoms with Gasteiger partial charge in [-0.05, 0) is 56.1 Å². The molecule has 182 valence electrons. The highest BCUT2D eigenvalue weighted by Gasteiger charge is 2.49. The number of para-hydroxylation sites is 2. The highest BCUT2D eigenvalue weighted by Crippen LogP contribution is 2.38. The summed E-state index contributed by atoms with van der Waals surface area (Å²) in [6, 6.07) is 8.28. The fourth-order valence-electron chi connectivity index (χ4n) is 6.46. The summed E-state index contributed by atoms with van der Waals surface area (Å²) in [6.07, 6.45) is 15.6. The first-order valence-corrected chi connectivity index (χ1v) is 13.2. The van der Waals surface area contributed by atoms with Crippen LogP contribution in [0, 0.1) is 17.2 Å². The number of guanidine groups is 1. The van der Waals surface area contributed by atoms with E-state index in [-0.39, 0.29) is 11.9 Å². The molecule has 34 heavy (non-hydrogen) atoms. The van der Waals surface area contributed by atoms with E-state index in [1.807, 2.05) is 30.5 Å². The molecule has 1 amide bonds. The molecule has 0 radical (unpaired) electrons. The van der Waals surface area contributed by atoms with Crippen LogP contribution >= 0.6 is 0 Å². The van der Waals surface area contributed by atoms with E-state index >= 15 is 0 Å². The third-order valence-corrected chi connectivity index (χ3v) is 8.33. The summed E-state index contributed by atoms with van der Waals surface area (Å²) in [5, 5.41) is 15.3. The van der Waals surface area contributed by atoms with E-state index in [9.17, 15) is 4.79 Å². The van der Waals surface area contributed by atoms with Crippen LogP contribution in [0.25, 0.3) is 11.0 Å². The quantitative estimate of drug-likeness (QED) is 0.533. The number of nitrogens with one attached hydrogen (secondary N) is 3. The number of benzene rings is 1. The molecule has 1 aromatic heterocycles. The third-order valence-electron chi connectivity index (χ3n) is 8.33. The highest BCUT2D eigenvalue weighted by atomic mass is 16.2. The Hall–Kier alpha value is -2.70. The van der Waals surface area contributed by atoms with Gasteiger partial charge in [-0.2, -0.15) is 0 Å². The lowest BCUT2D eigenvalue weighted by molar-refractivity contribution is -0.131. The summed E-state index contributed by atoms with van der Waals surface area (Å²) in [7, 11) is 1.74. The molecule has 7 nitrogen and oxygen atoms in total. The minimum atomic E-state index is -0.613. The zero-order valence-electron chi connectivity index (χ0n) is 20.4. The fraction of sp³-hybridized carbons (Fsp3) is 0.630. The molecular weight excluding hydrogens is 424 g/mol. The van der Waals surface area contributed by atoms with E-state index in [4.69, 9.17) is 10.4 Å². The molecule has 0 spiro atoms. The van der Waals surface area contributed by atoms with Crippen LogP contribution < -0.4 is 10.6 Å². The number of nitrogens with zero attached hydrogens (tertiary/aromatic N) is 3. The predicted molar refractivity (Wildman–Crippen MR) is 136 cm³/mol.